The first-order chi connectivity index (χ1) is 11.0. The summed E-state index contributed by atoms with van der Waals surface area (Å²) < 4.78 is 5.80. The third-order valence-electron chi connectivity index (χ3n) is 3.98. The topological polar surface area (TPSA) is 33.0 Å². The summed E-state index contributed by atoms with van der Waals surface area (Å²) in [6.45, 7) is 7.25. The van der Waals surface area contributed by atoms with Crippen LogP contribution in [0.1, 0.15) is 50.7 Å². The van der Waals surface area contributed by atoms with Crippen LogP contribution in [0.2, 0.25) is 0 Å². The number of nitrogens with zero attached hydrogens (tertiary/aromatic N) is 1. The molecule has 0 aliphatic carbocycles. The molecule has 0 bridgehead atoms. The molecule has 2 aromatic rings. The van der Waals surface area contributed by atoms with Crippen LogP contribution in [0.25, 0.3) is 0 Å². The Morgan fingerprint density at radius 2 is 1.65 bits per heavy atom. The summed E-state index contributed by atoms with van der Waals surface area (Å²) in [4.78, 5) is 0. The van der Waals surface area contributed by atoms with Crippen LogP contribution in [0.3, 0.4) is 0 Å². The van der Waals surface area contributed by atoms with Gasteiger partial charge in [0.15, 0.2) is 0 Å². The lowest BCUT2D eigenvalue weighted by Crippen LogP contribution is -2.10. The molecule has 0 aliphatic heterocycles. The molecule has 1 atom stereocenters. The van der Waals surface area contributed by atoms with Crippen LogP contribution >= 0.6 is 0 Å². The van der Waals surface area contributed by atoms with Gasteiger partial charge in [-0.1, -0.05) is 63.2 Å². The van der Waals surface area contributed by atoms with Crippen molar-refractivity contribution in [1.82, 2.24) is 0 Å². The largest absolute Gasteiger partial charge is 0.494 e. The first-order valence-electron chi connectivity index (χ1n) is 8.18. The minimum absolute atomic E-state index is 0.0527. The smallest absolute Gasteiger partial charge is 0.119 e. The van der Waals surface area contributed by atoms with Gasteiger partial charge in [0.1, 0.15) is 5.75 Å². The van der Waals surface area contributed by atoms with E-state index in [0.29, 0.717) is 6.61 Å². The summed E-state index contributed by atoms with van der Waals surface area (Å²) in [5.74, 6) is 0.842. The quantitative estimate of drug-likeness (QED) is 0.665. The highest BCUT2D eigenvalue weighted by atomic mass is 16.5. The van der Waals surface area contributed by atoms with Gasteiger partial charge in [-0.25, -0.2) is 0 Å². The number of rotatable bonds is 6. The first kappa shape index (κ1) is 17.1. The maximum Gasteiger partial charge on any atom is 0.119 e. The molecule has 0 radical (unpaired) electrons. The van der Waals surface area contributed by atoms with Crippen LogP contribution in [0.5, 0.6) is 5.75 Å². The van der Waals surface area contributed by atoms with E-state index in [0.717, 1.165) is 24.2 Å². The Morgan fingerprint density at radius 3 is 2.22 bits per heavy atom. The normalized spacial score (nSPS) is 12.4. The Morgan fingerprint density at radius 1 is 1.00 bits per heavy atom. The van der Waals surface area contributed by atoms with E-state index in [4.69, 9.17) is 4.74 Å². The number of ether oxygens (including phenoxy) is 1. The molecule has 0 N–H and O–H groups in total. The summed E-state index contributed by atoms with van der Waals surface area (Å²) in [6.07, 6.45) is 1.69. The van der Waals surface area contributed by atoms with Gasteiger partial charge in [-0.05, 0) is 41.5 Å². The number of benzene rings is 2. The molecule has 1 unspecified atom stereocenters. The van der Waals surface area contributed by atoms with Gasteiger partial charge < -0.3 is 4.74 Å². The lowest BCUT2D eigenvalue weighted by molar-refractivity contribution is 0.304. The highest BCUT2D eigenvalue weighted by molar-refractivity contribution is 5.31. The minimum atomic E-state index is -0.0527. The van der Waals surface area contributed by atoms with Crippen LogP contribution in [-0.4, -0.2) is 6.61 Å². The molecule has 2 heteroatoms. The highest BCUT2D eigenvalue weighted by Crippen LogP contribution is 2.25. The second-order valence-electron chi connectivity index (χ2n) is 6.86. The van der Waals surface area contributed by atoms with E-state index < -0.39 is 0 Å². The van der Waals surface area contributed by atoms with Gasteiger partial charge in [-0.3, -0.25) is 0 Å². The van der Waals surface area contributed by atoms with Crippen LogP contribution in [0.15, 0.2) is 54.6 Å². The maximum absolute atomic E-state index is 9.31. The van der Waals surface area contributed by atoms with E-state index in [2.05, 4.69) is 39.0 Å². The van der Waals surface area contributed by atoms with Gasteiger partial charge in [-0.2, -0.15) is 5.26 Å². The minimum Gasteiger partial charge on any atom is -0.494 e. The van der Waals surface area contributed by atoms with Gasteiger partial charge in [0.25, 0.3) is 0 Å². The Hall–Kier alpha value is -2.27. The Labute approximate surface area is 139 Å². The van der Waals surface area contributed by atoms with Crippen LogP contribution in [0, 0.1) is 11.3 Å². The SMILES string of the molecule is CC(C)(C)c1ccc(OCCCC(C#N)c2ccccc2)cc1. The van der Waals surface area contributed by atoms with E-state index in [1.165, 1.54) is 5.56 Å². The van der Waals surface area contributed by atoms with E-state index in [9.17, 15) is 5.26 Å². The average Bonchev–Trinajstić information content (AvgIpc) is 2.55. The molecule has 23 heavy (non-hydrogen) atoms. The molecule has 0 aromatic heterocycles. The van der Waals surface area contributed by atoms with E-state index in [1.807, 2.05) is 42.5 Å². The summed E-state index contributed by atoms with van der Waals surface area (Å²) in [7, 11) is 0. The van der Waals surface area contributed by atoms with Gasteiger partial charge >= 0.3 is 0 Å². The van der Waals surface area contributed by atoms with Crippen LogP contribution < -0.4 is 4.74 Å². The predicted octanol–water partition coefficient (Wildman–Crippen LogP) is 5.45. The van der Waals surface area contributed by atoms with Crippen molar-refractivity contribution in [2.75, 3.05) is 6.61 Å². The second kappa shape index (κ2) is 7.83. The van der Waals surface area contributed by atoms with Crippen LogP contribution in [-0.2, 0) is 5.41 Å². The highest BCUT2D eigenvalue weighted by Gasteiger charge is 2.13. The average molecular weight is 307 g/mol. The fourth-order valence-electron chi connectivity index (χ4n) is 2.52. The van der Waals surface area contributed by atoms with Crippen molar-refractivity contribution in [3.05, 3.63) is 65.7 Å². The molecule has 0 saturated carbocycles. The van der Waals surface area contributed by atoms with Crippen molar-refractivity contribution in [3.8, 4) is 11.8 Å². The van der Waals surface area contributed by atoms with Gasteiger partial charge in [0.05, 0.1) is 18.6 Å². The van der Waals surface area contributed by atoms with Crippen molar-refractivity contribution in [2.24, 2.45) is 0 Å². The monoisotopic (exact) mass is 307 g/mol. The molecular formula is C21H25NO. The Kier molecular flexibility index (Phi) is 5.82. The zero-order valence-electron chi connectivity index (χ0n) is 14.3. The zero-order chi connectivity index (χ0) is 16.7. The first-order valence-corrected chi connectivity index (χ1v) is 8.18. The fourth-order valence-corrected chi connectivity index (χ4v) is 2.52. The van der Waals surface area contributed by atoms with Gasteiger partial charge in [0, 0.05) is 0 Å². The van der Waals surface area contributed by atoms with Crippen molar-refractivity contribution in [2.45, 2.75) is 44.9 Å². The molecule has 2 rings (SSSR count). The summed E-state index contributed by atoms with van der Waals surface area (Å²) in [6, 6.07) is 20.6. The molecule has 0 aliphatic rings. The lowest BCUT2D eigenvalue weighted by atomic mass is 9.87. The van der Waals surface area contributed by atoms with Crippen molar-refractivity contribution in [3.63, 3.8) is 0 Å². The molecule has 120 valence electrons. The summed E-state index contributed by atoms with van der Waals surface area (Å²) in [5, 5.41) is 9.31. The fraction of sp³-hybridized carbons (Fsp3) is 0.381. The lowest BCUT2D eigenvalue weighted by Gasteiger charge is -2.19. The Bertz CT molecular complexity index is 632. The molecule has 0 heterocycles. The molecule has 0 fully saturated rings. The Balaban J connectivity index is 1.80. The van der Waals surface area contributed by atoms with Crippen molar-refractivity contribution in [1.29, 1.82) is 5.26 Å². The predicted molar refractivity (Wildman–Crippen MR) is 94.7 cm³/mol. The maximum atomic E-state index is 9.31. The van der Waals surface area contributed by atoms with Gasteiger partial charge in [-0.15, -0.1) is 0 Å². The van der Waals surface area contributed by atoms with E-state index in [1.54, 1.807) is 0 Å². The molecule has 2 nitrogen and oxygen atoms in total. The molecule has 0 saturated heterocycles. The summed E-state index contributed by atoms with van der Waals surface area (Å²) in [5.41, 5.74) is 2.55. The third-order valence-corrected chi connectivity index (χ3v) is 3.98. The third kappa shape index (κ3) is 5.14. The molecular weight excluding hydrogens is 282 g/mol. The second-order valence-corrected chi connectivity index (χ2v) is 6.86. The van der Waals surface area contributed by atoms with Crippen molar-refractivity contribution >= 4 is 0 Å². The van der Waals surface area contributed by atoms with E-state index in [-0.39, 0.29) is 11.3 Å². The summed E-state index contributed by atoms with van der Waals surface area (Å²) >= 11 is 0. The van der Waals surface area contributed by atoms with Gasteiger partial charge in [0.2, 0.25) is 0 Å². The molecule has 0 amide bonds. The van der Waals surface area contributed by atoms with Crippen molar-refractivity contribution < 1.29 is 4.74 Å². The van der Waals surface area contributed by atoms with Crippen LogP contribution in [0.4, 0.5) is 0 Å². The number of nitriles is 1. The molecule has 2 aromatic carbocycles. The number of hydrogen-bond donors (Lipinski definition) is 0. The zero-order valence-corrected chi connectivity index (χ0v) is 14.3. The number of hydrogen-bond acceptors (Lipinski definition) is 2. The van der Waals surface area contributed by atoms with E-state index >= 15 is 0 Å². The standard InChI is InChI=1S/C21H25NO/c1-21(2,3)19-11-13-20(14-12-19)23-15-7-10-18(16-22)17-8-5-4-6-9-17/h4-6,8-9,11-14,18H,7,10,15H2,1-3H3. The molecule has 0 spiro atoms.